The zero-order valence-electron chi connectivity index (χ0n) is 13.9. The molecule has 4 rings (SSSR count). The maximum absolute atomic E-state index is 6.27. The monoisotopic (exact) mass is 418 g/mol. The fourth-order valence-corrected chi connectivity index (χ4v) is 5.40. The Morgan fingerprint density at radius 3 is 2.77 bits per heavy atom. The Labute approximate surface area is 168 Å². The van der Waals surface area contributed by atoms with E-state index in [1.807, 2.05) is 30.3 Å². The van der Waals surface area contributed by atoms with Crippen LogP contribution in [0.25, 0.3) is 21.3 Å². The molecule has 0 saturated carbocycles. The summed E-state index contributed by atoms with van der Waals surface area (Å²) in [4.78, 5) is 5.87. The SMILES string of the molecule is CCn1c(SCc2csc(-c3ccccc3Cl)n2)nnc1-c1cccs1. The van der Waals surface area contributed by atoms with E-state index < -0.39 is 0 Å². The molecule has 4 nitrogen and oxygen atoms in total. The molecular formula is C18H15ClN4S3. The standard InChI is InChI=1S/C18H15ClN4S3/c1-2-23-16(15-8-5-9-24-15)21-22-18(23)26-11-12-10-25-17(20-12)13-6-3-4-7-14(13)19/h3-10H,2,11H2,1H3. The van der Waals surface area contributed by atoms with Gasteiger partial charge in [-0.1, -0.05) is 47.6 Å². The van der Waals surface area contributed by atoms with Crippen molar-refractivity contribution in [2.45, 2.75) is 24.4 Å². The molecule has 8 heteroatoms. The number of thiazole rings is 1. The van der Waals surface area contributed by atoms with Crippen molar-refractivity contribution < 1.29 is 0 Å². The maximum Gasteiger partial charge on any atom is 0.191 e. The molecule has 4 aromatic rings. The summed E-state index contributed by atoms with van der Waals surface area (Å²) >= 11 is 11.2. The van der Waals surface area contributed by atoms with Gasteiger partial charge in [0.1, 0.15) is 5.01 Å². The van der Waals surface area contributed by atoms with E-state index in [2.05, 4.69) is 38.5 Å². The van der Waals surface area contributed by atoms with Crippen LogP contribution in [0.2, 0.25) is 5.02 Å². The topological polar surface area (TPSA) is 43.6 Å². The molecule has 0 bridgehead atoms. The Balaban J connectivity index is 1.51. The molecule has 0 amide bonds. The first-order valence-corrected chi connectivity index (χ1v) is 11.2. The van der Waals surface area contributed by atoms with E-state index in [-0.39, 0.29) is 0 Å². The van der Waals surface area contributed by atoms with Gasteiger partial charge in [-0.2, -0.15) is 0 Å². The smallest absolute Gasteiger partial charge is 0.191 e. The molecule has 0 aliphatic heterocycles. The summed E-state index contributed by atoms with van der Waals surface area (Å²) in [5.41, 5.74) is 2.00. The molecule has 0 radical (unpaired) electrons. The van der Waals surface area contributed by atoms with Crippen LogP contribution in [0, 0.1) is 0 Å². The highest BCUT2D eigenvalue weighted by Gasteiger charge is 2.15. The number of hydrogen-bond acceptors (Lipinski definition) is 6. The Hall–Kier alpha value is -1.67. The minimum atomic E-state index is 0.729. The lowest BCUT2D eigenvalue weighted by molar-refractivity contribution is 0.688. The van der Waals surface area contributed by atoms with Crippen LogP contribution in [-0.4, -0.2) is 19.7 Å². The second-order valence-corrected chi connectivity index (χ2v) is 8.60. The molecule has 26 heavy (non-hydrogen) atoms. The predicted octanol–water partition coefficient (Wildman–Crippen LogP) is 6.10. The van der Waals surface area contributed by atoms with Crippen LogP contribution in [0.1, 0.15) is 12.6 Å². The van der Waals surface area contributed by atoms with E-state index in [1.165, 1.54) is 0 Å². The van der Waals surface area contributed by atoms with E-state index in [9.17, 15) is 0 Å². The summed E-state index contributed by atoms with van der Waals surface area (Å²) in [6, 6.07) is 11.9. The lowest BCUT2D eigenvalue weighted by Crippen LogP contribution is -1.99. The fourth-order valence-electron chi connectivity index (χ4n) is 2.54. The summed E-state index contributed by atoms with van der Waals surface area (Å²) in [5, 5.41) is 15.5. The number of benzene rings is 1. The molecule has 0 saturated heterocycles. The zero-order chi connectivity index (χ0) is 17.9. The quantitative estimate of drug-likeness (QED) is 0.355. The first kappa shape index (κ1) is 17.7. The third-order valence-electron chi connectivity index (χ3n) is 3.78. The van der Waals surface area contributed by atoms with Crippen LogP contribution in [0.5, 0.6) is 0 Å². The number of aromatic nitrogens is 4. The highest BCUT2D eigenvalue weighted by molar-refractivity contribution is 7.98. The molecular weight excluding hydrogens is 404 g/mol. The molecule has 0 atom stereocenters. The van der Waals surface area contributed by atoms with Gasteiger partial charge in [0.15, 0.2) is 11.0 Å². The first-order chi connectivity index (χ1) is 12.8. The molecule has 0 aliphatic rings. The molecule has 0 fully saturated rings. The molecule has 3 heterocycles. The minimum Gasteiger partial charge on any atom is -0.302 e. The fraction of sp³-hybridized carbons (Fsp3) is 0.167. The van der Waals surface area contributed by atoms with Crippen LogP contribution in [0.3, 0.4) is 0 Å². The van der Waals surface area contributed by atoms with Gasteiger partial charge in [0.25, 0.3) is 0 Å². The summed E-state index contributed by atoms with van der Waals surface area (Å²) in [5.74, 6) is 1.68. The number of thioether (sulfide) groups is 1. The van der Waals surface area contributed by atoms with Gasteiger partial charge < -0.3 is 4.57 Å². The van der Waals surface area contributed by atoms with Gasteiger partial charge in [-0.3, -0.25) is 0 Å². The lowest BCUT2D eigenvalue weighted by Gasteiger charge is -2.05. The van der Waals surface area contributed by atoms with Crippen molar-refractivity contribution in [3.05, 3.63) is 57.9 Å². The van der Waals surface area contributed by atoms with Crippen LogP contribution in [0.4, 0.5) is 0 Å². The van der Waals surface area contributed by atoms with Crippen LogP contribution < -0.4 is 0 Å². The van der Waals surface area contributed by atoms with E-state index in [4.69, 9.17) is 16.6 Å². The van der Waals surface area contributed by atoms with Crippen LogP contribution in [0.15, 0.2) is 52.3 Å². The molecule has 1 aromatic carbocycles. The Kier molecular flexibility index (Phi) is 5.40. The molecule has 3 aromatic heterocycles. The average Bonchev–Trinajstić information content (AvgIpc) is 3.39. The van der Waals surface area contributed by atoms with E-state index >= 15 is 0 Å². The molecule has 0 aliphatic carbocycles. The van der Waals surface area contributed by atoms with Gasteiger partial charge in [-0.05, 0) is 24.4 Å². The van der Waals surface area contributed by atoms with Crippen LogP contribution >= 0.6 is 46.0 Å². The average molecular weight is 419 g/mol. The molecule has 0 spiro atoms. The van der Waals surface area contributed by atoms with Crippen molar-refractivity contribution in [2.75, 3.05) is 0 Å². The van der Waals surface area contributed by atoms with E-state index in [0.717, 1.165) is 49.4 Å². The van der Waals surface area contributed by atoms with Gasteiger partial charge in [-0.25, -0.2) is 4.98 Å². The van der Waals surface area contributed by atoms with Gasteiger partial charge >= 0.3 is 0 Å². The van der Waals surface area contributed by atoms with Gasteiger partial charge in [0, 0.05) is 23.2 Å². The second-order valence-electron chi connectivity index (χ2n) is 5.44. The van der Waals surface area contributed by atoms with Gasteiger partial charge in [0.05, 0.1) is 15.6 Å². The third-order valence-corrected chi connectivity index (χ3v) is 6.90. The van der Waals surface area contributed by atoms with Crippen molar-refractivity contribution >= 4 is 46.0 Å². The minimum absolute atomic E-state index is 0.729. The zero-order valence-corrected chi connectivity index (χ0v) is 17.1. The number of nitrogens with zero attached hydrogens (tertiary/aromatic N) is 4. The summed E-state index contributed by atoms with van der Waals surface area (Å²) in [7, 11) is 0. The second kappa shape index (κ2) is 7.92. The van der Waals surface area contributed by atoms with Crippen LogP contribution in [-0.2, 0) is 12.3 Å². The number of thiophene rings is 1. The number of rotatable bonds is 6. The maximum atomic E-state index is 6.27. The Morgan fingerprint density at radius 2 is 2.00 bits per heavy atom. The summed E-state index contributed by atoms with van der Waals surface area (Å²) in [6.45, 7) is 2.95. The highest BCUT2D eigenvalue weighted by Crippen LogP contribution is 2.32. The van der Waals surface area contributed by atoms with E-state index in [1.54, 1.807) is 34.4 Å². The largest absolute Gasteiger partial charge is 0.302 e. The summed E-state index contributed by atoms with van der Waals surface area (Å²) < 4.78 is 2.15. The molecule has 132 valence electrons. The number of halogens is 1. The molecule has 0 unspecified atom stereocenters. The third kappa shape index (κ3) is 3.57. The van der Waals surface area contributed by atoms with Crippen molar-refractivity contribution in [3.8, 4) is 21.3 Å². The Bertz CT molecular complexity index is 1010. The summed E-state index contributed by atoms with van der Waals surface area (Å²) in [6.07, 6.45) is 0. The van der Waals surface area contributed by atoms with Gasteiger partial charge in [0.2, 0.25) is 0 Å². The van der Waals surface area contributed by atoms with Gasteiger partial charge in [-0.15, -0.1) is 32.9 Å². The van der Waals surface area contributed by atoms with Crippen molar-refractivity contribution in [3.63, 3.8) is 0 Å². The Morgan fingerprint density at radius 1 is 1.12 bits per heavy atom. The van der Waals surface area contributed by atoms with E-state index in [0.29, 0.717) is 0 Å². The van der Waals surface area contributed by atoms with Crippen molar-refractivity contribution in [1.29, 1.82) is 0 Å². The highest BCUT2D eigenvalue weighted by atomic mass is 35.5. The first-order valence-electron chi connectivity index (χ1n) is 8.05. The lowest BCUT2D eigenvalue weighted by atomic mass is 10.2. The van der Waals surface area contributed by atoms with Crippen molar-refractivity contribution in [1.82, 2.24) is 19.7 Å². The van der Waals surface area contributed by atoms with Crippen molar-refractivity contribution in [2.24, 2.45) is 0 Å². The molecule has 0 N–H and O–H groups in total. The number of hydrogen-bond donors (Lipinski definition) is 0. The normalized spacial score (nSPS) is 11.2. The predicted molar refractivity (Wildman–Crippen MR) is 111 cm³/mol.